The monoisotopic (exact) mass is 232 g/mol. The molecule has 0 amide bonds. The first kappa shape index (κ1) is 12.0. The predicted octanol–water partition coefficient (Wildman–Crippen LogP) is 3.19. The molecule has 1 aliphatic heterocycles. The third kappa shape index (κ3) is 2.45. The Kier molecular flexibility index (Phi) is 3.33. The molecule has 0 aromatic rings. The van der Waals surface area contributed by atoms with Gasteiger partial charge in [0.25, 0.3) is 0 Å². The van der Waals surface area contributed by atoms with E-state index in [0.29, 0.717) is 12.0 Å². The fourth-order valence-corrected chi connectivity index (χ4v) is 3.12. The Morgan fingerprint density at radius 1 is 1.19 bits per heavy atom. The summed E-state index contributed by atoms with van der Waals surface area (Å²) in [5.41, 5.74) is -0.535. The van der Waals surface area contributed by atoms with Gasteiger partial charge in [-0.05, 0) is 44.7 Å². The second-order valence-corrected chi connectivity index (χ2v) is 5.10. The van der Waals surface area contributed by atoms with Gasteiger partial charge < -0.3 is 12.9 Å². The molecule has 1 aliphatic carbocycles. The van der Waals surface area contributed by atoms with E-state index in [1.807, 2.05) is 4.90 Å². The summed E-state index contributed by atoms with van der Waals surface area (Å²) in [6.07, 6.45) is 5.69. The molecule has 0 bridgehead atoms. The lowest BCUT2D eigenvalue weighted by Gasteiger charge is -2.39. The summed E-state index contributed by atoms with van der Waals surface area (Å²) in [6.45, 7) is -0.818. The van der Waals surface area contributed by atoms with Crippen molar-refractivity contribution in [3.05, 3.63) is 12.1 Å². The van der Waals surface area contributed by atoms with E-state index in [1.165, 1.54) is 19.3 Å². The van der Waals surface area contributed by atoms with Crippen molar-refractivity contribution in [2.45, 2.75) is 38.1 Å². The Hall–Kier alpha value is -0.445. The van der Waals surface area contributed by atoms with Crippen molar-refractivity contribution in [3.8, 4) is 0 Å². The van der Waals surface area contributed by atoms with Gasteiger partial charge in [-0.3, -0.25) is 4.90 Å². The maximum atomic E-state index is 12.5. The molecule has 0 N–H and O–H groups in total. The standard InChI is InChI=1S/C11H18BF3N/c1-9(12(13,14)15)8-16-7-3-5-10-4-2-6-11(10)16/h10-11H,1-8H2/q-1. The lowest BCUT2D eigenvalue weighted by molar-refractivity contribution is 0.125. The summed E-state index contributed by atoms with van der Waals surface area (Å²) in [7, 11) is 0. The maximum absolute atomic E-state index is 12.5. The Bertz CT molecular complexity index is 277. The molecule has 1 saturated carbocycles. The number of hydrogen-bond donors (Lipinski definition) is 0. The van der Waals surface area contributed by atoms with E-state index < -0.39 is 12.4 Å². The van der Waals surface area contributed by atoms with Crippen LogP contribution >= 0.6 is 0 Å². The summed E-state index contributed by atoms with van der Waals surface area (Å²) in [6, 6.07) is 0.392. The first-order chi connectivity index (χ1) is 7.48. The minimum Gasteiger partial charge on any atom is -0.445 e. The highest BCUT2D eigenvalue weighted by molar-refractivity contribution is 6.66. The molecule has 2 atom stereocenters. The van der Waals surface area contributed by atoms with Crippen LogP contribution in [0.4, 0.5) is 12.9 Å². The highest BCUT2D eigenvalue weighted by Gasteiger charge is 2.36. The van der Waals surface area contributed by atoms with E-state index in [9.17, 15) is 12.9 Å². The molecular weight excluding hydrogens is 214 g/mol. The zero-order chi connectivity index (χ0) is 11.8. The van der Waals surface area contributed by atoms with Crippen LogP contribution in [0.1, 0.15) is 32.1 Å². The molecule has 0 spiro atoms. The van der Waals surface area contributed by atoms with E-state index >= 15 is 0 Å². The van der Waals surface area contributed by atoms with Gasteiger partial charge >= 0.3 is 6.98 Å². The highest BCUT2D eigenvalue weighted by Crippen LogP contribution is 2.37. The van der Waals surface area contributed by atoms with Crippen LogP contribution in [-0.4, -0.2) is 31.0 Å². The fraction of sp³-hybridized carbons (Fsp3) is 0.818. The summed E-state index contributed by atoms with van der Waals surface area (Å²) < 4.78 is 37.5. The number of rotatable bonds is 3. The van der Waals surface area contributed by atoms with E-state index in [1.54, 1.807) is 0 Å². The SMILES string of the molecule is C=C(CN1CCCC2CCCC21)[B-](F)(F)F. The quantitative estimate of drug-likeness (QED) is 0.675. The van der Waals surface area contributed by atoms with Crippen molar-refractivity contribution >= 4 is 6.98 Å². The van der Waals surface area contributed by atoms with E-state index in [-0.39, 0.29) is 6.54 Å². The van der Waals surface area contributed by atoms with Gasteiger partial charge in [-0.25, -0.2) is 0 Å². The normalized spacial score (nSPS) is 31.4. The Labute approximate surface area is 94.7 Å². The summed E-state index contributed by atoms with van der Waals surface area (Å²) in [5.74, 6) is 0.641. The van der Waals surface area contributed by atoms with Crippen LogP contribution in [0, 0.1) is 5.92 Å². The van der Waals surface area contributed by atoms with Gasteiger partial charge in [-0.15, -0.1) is 12.1 Å². The van der Waals surface area contributed by atoms with Crippen molar-refractivity contribution in [2.75, 3.05) is 13.1 Å². The Morgan fingerprint density at radius 3 is 2.56 bits per heavy atom. The molecule has 92 valence electrons. The molecule has 2 fully saturated rings. The van der Waals surface area contributed by atoms with Crippen LogP contribution in [0.5, 0.6) is 0 Å². The molecule has 2 unspecified atom stereocenters. The van der Waals surface area contributed by atoms with Gasteiger partial charge in [0.2, 0.25) is 0 Å². The third-order valence-corrected chi connectivity index (χ3v) is 3.98. The minimum atomic E-state index is -4.86. The molecule has 0 radical (unpaired) electrons. The molecule has 5 heteroatoms. The predicted molar refractivity (Wildman–Crippen MR) is 60.2 cm³/mol. The lowest BCUT2D eigenvalue weighted by Crippen LogP contribution is -2.45. The maximum Gasteiger partial charge on any atom is 0.506 e. The number of fused-ring (bicyclic) bond motifs is 1. The Balaban J connectivity index is 1.96. The van der Waals surface area contributed by atoms with Crippen molar-refractivity contribution in [1.82, 2.24) is 4.90 Å². The van der Waals surface area contributed by atoms with E-state index in [0.717, 1.165) is 19.4 Å². The van der Waals surface area contributed by atoms with Crippen LogP contribution in [0.15, 0.2) is 12.1 Å². The number of hydrogen-bond acceptors (Lipinski definition) is 1. The number of halogens is 3. The molecular formula is C11H18BF3N-. The summed E-state index contributed by atoms with van der Waals surface area (Å²) in [4.78, 5) is 2.01. The van der Waals surface area contributed by atoms with Gasteiger partial charge in [-0.2, -0.15) is 0 Å². The summed E-state index contributed by atoms with van der Waals surface area (Å²) in [5, 5.41) is 0. The molecule has 1 nitrogen and oxygen atoms in total. The lowest BCUT2D eigenvalue weighted by atomic mass is 9.79. The van der Waals surface area contributed by atoms with Gasteiger partial charge in [0.05, 0.1) is 0 Å². The molecule has 2 aliphatic rings. The van der Waals surface area contributed by atoms with Crippen LogP contribution < -0.4 is 0 Å². The van der Waals surface area contributed by atoms with Gasteiger partial charge in [0.15, 0.2) is 0 Å². The summed E-state index contributed by atoms with van der Waals surface area (Å²) >= 11 is 0. The molecule has 16 heavy (non-hydrogen) atoms. The average molecular weight is 232 g/mol. The zero-order valence-corrected chi connectivity index (χ0v) is 9.47. The molecule has 1 saturated heterocycles. The smallest absolute Gasteiger partial charge is 0.445 e. The second kappa shape index (κ2) is 4.44. The topological polar surface area (TPSA) is 3.24 Å². The Morgan fingerprint density at radius 2 is 1.88 bits per heavy atom. The van der Waals surface area contributed by atoms with Crippen molar-refractivity contribution in [3.63, 3.8) is 0 Å². The van der Waals surface area contributed by atoms with Crippen LogP contribution in [-0.2, 0) is 0 Å². The third-order valence-electron chi connectivity index (χ3n) is 3.98. The molecule has 2 rings (SSSR count). The van der Waals surface area contributed by atoms with Crippen molar-refractivity contribution in [2.24, 2.45) is 5.92 Å². The fourth-order valence-electron chi connectivity index (χ4n) is 3.12. The number of nitrogens with zero attached hydrogens (tertiary/aromatic N) is 1. The average Bonchev–Trinajstić information content (AvgIpc) is 2.65. The van der Waals surface area contributed by atoms with Crippen LogP contribution in [0.25, 0.3) is 0 Å². The minimum absolute atomic E-state index is 0.0324. The van der Waals surface area contributed by atoms with E-state index in [2.05, 4.69) is 6.58 Å². The van der Waals surface area contributed by atoms with E-state index in [4.69, 9.17) is 0 Å². The molecule has 1 heterocycles. The molecule has 0 aromatic heterocycles. The second-order valence-electron chi connectivity index (χ2n) is 5.10. The van der Waals surface area contributed by atoms with Gasteiger partial charge in [0, 0.05) is 6.04 Å². The van der Waals surface area contributed by atoms with Gasteiger partial charge in [0.1, 0.15) is 0 Å². The van der Waals surface area contributed by atoms with Crippen LogP contribution in [0.2, 0.25) is 0 Å². The number of piperidine rings is 1. The van der Waals surface area contributed by atoms with Gasteiger partial charge in [-0.1, -0.05) is 6.42 Å². The first-order valence-corrected chi connectivity index (χ1v) is 6.10. The largest absolute Gasteiger partial charge is 0.506 e. The zero-order valence-electron chi connectivity index (χ0n) is 9.47. The van der Waals surface area contributed by atoms with Crippen LogP contribution in [0.3, 0.4) is 0 Å². The number of likely N-dealkylation sites (tertiary alicyclic amines) is 1. The first-order valence-electron chi connectivity index (χ1n) is 6.10. The van der Waals surface area contributed by atoms with Crippen molar-refractivity contribution in [1.29, 1.82) is 0 Å². The highest BCUT2D eigenvalue weighted by atomic mass is 19.4. The molecule has 0 aromatic carbocycles. The van der Waals surface area contributed by atoms with Crippen molar-refractivity contribution < 1.29 is 12.9 Å².